The van der Waals surface area contributed by atoms with Crippen molar-refractivity contribution in [3.05, 3.63) is 34.8 Å². The Balaban J connectivity index is 2.72. The van der Waals surface area contributed by atoms with Crippen LogP contribution in [0.5, 0.6) is 5.75 Å². The van der Waals surface area contributed by atoms with Crippen molar-refractivity contribution >= 4 is 35.2 Å². The highest BCUT2D eigenvalue weighted by atomic mass is 35.5. The zero-order chi connectivity index (χ0) is 14.1. The lowest BCUT2D eigenvalue weighted by atomic mass is 10.3. The first-order valence-corrected chi connectivity index (χ1v) is 6.00. The van der Waals surface area contributed by atoms with Crippen LogP contribution in [0.1, 0.15) is 0 Å². The second-order valence-electron chi connectivity index (χ2n) is 3.21. The van der Waals surface area contributed by atoms with Gasteiger partial charge in [-0.05, 0) is 12.1 Å². The third kappa shape index (κ3) is 5.23. The third-order valence-electron chi connectivity index (χ3n) is 1.83. The van der Waals surface area contributed by atoms with Crippen LogP contribution >= 0.6 is 23.2 Å². The van der Waals surface area contributed by atoms with Crippen LogP contribution < -0.4 is 10.2 Å². The van der Waals surface area contributed by atoms with Gasteiger partial charge in [0, 0.05) is 0 Å². The molecule has 19 heavy (non-hydrogen) atoms. The second-order valence-corrected chi connectivity index (χ2v) is 4.02. The van der Waals surface area contributed by atoms with Gasteiger partial charge in [-0.15, -0.1) is 13.0 Å². The predicted octanol–water partition coefficient (Wildman–Crippen LogP) is 3.37. The highest BCUT2D eigenvalue weighted by molar-refractivity contribution is 6.37. The van der Waals surface area contributed by atoms with E-state index in [4.69, 9.17) is 39.2 Å². The number of terminal acetylenes is 1. The summed E-state index contributed by atoms with van der Waals surface area (Å²) in [5, 5.41) is 0.670. The molecule has 0 aliphatic heterocycles. The molecule has 6 heteroatoms. The van der Waals surface area contributed by atoms with Gasteiger partial charge < -0.3 is 4.74 Å². The molecule has 0 aliphatic rings. The Morgan fingerprint density at radius 3 is 2.68 bits per heavy atom. The molecular formula is C13H12Cl2N2O2. The molecule has 0 saturated carbocycles. The molecule has 0 fully saturated rings. The Morgan fingerprint density at radius 1 is 1.42 bits per heavy atom. The first kappa shape index (κ1) is 15.4. The average Bonchev–Trinajstić information content (AvgIpc) is 2.38. The number of nitrogens with zero attached hydrogens (tertiary/aromatic N) is 1. The number of halogens is 2. The van der Waals surface area contributed by atoms with E-state index < -0.39 is 0 Å². The monoisotopic (exact) mass is 298 g/mol. The molecule has 1 rings (SSSR count). The molecule has 0 bridgehead atoms. The average molecular weight is 299 g/mol. The predicted molar refractivity (Wildman–Crippen MR) is 78.2 cm³/mol. The molecule has 100 valence electrons. The number of rotatable bonds is 7. The van der Waals surface area contributed by atoms with Crippen LogP contribution in [0, 0.1) is 12.3 Å². The van der Waals surface area contributed by atoms with Crippen molar-refractivity contribution in [2.45, 2.75) is 0 Å². The highest BCUT2D eigenvalue weighted by Gasteiger charge is 2.08. The lowest BCUT2D eigenvalue weighted by molar-refractivity contribution is 0.114. The second kappa shape index (κ2) is 8.44. The topological polar surface area (TPSA) is 42.8 Å². The van der Waals surface area contributed by atoms with Crippen molar-refractivity contribution in [2.24, 2.45) is 4.99 Å². The first-order chi connectivity index (χ1) is 9.19. The normalized spacial score (nSPS) is 10.2. The minimum Gasteiger partial charge on any atom is -0.478 e. The number of aliphatic imine (C=N–C) groups is 1. The maximum absolute atomic E-state index is 6.02. The minimum atomic E-state index is 0.0962. The maximum atomic E-state index is 6.02. The molecule has 1 N–H and O–H groups in total. The summed E-state index contributed by atoms with van der Waals surface area (Å²) in [6.07, 6.45) is 8.07. The van der Waals surface area contributed by atoms with Gasteiger partial charge in [-0.1, -0.05) is 35.2 Å². The van der Waals surface area contributed by atoms with E-state index in [9.17, 15) is 0 Å². The summed E-state index contributed by atoms with van der Waals surface area (Å²) in [5.74, 6) is 2.68. The summed E-state index contributed by atoms with van der Waals surface area (Å²) in [5.41, 5.74) is 3.07. The SMILES string of the molecule is C#CCOc1c(Cl)cc(N=CNOCC=C)cc1Cl. The summed E-state index contributed by atoms with van der Waals surface area (Å²) < 4.78 is 5.23. The summed E-state index contributed by atoms with van der Waals surface area (Å²) >= 11 is 12.0. The summed E-state index contributed by atoms with van der Waals surface area (Å²) in [6, 6.07) is 3.20. The standard InChI is InChI=1S/C13H12Cl2N2O2/c1-3-5-18-13-11(14)7-10(8-12(13)15)16-9-17-19-6-4-2/h1,4,7-9H,2,5-6H2,(H,16,17). The number of nitrogens with one attached hydrogen (secondary N) is 1. The summed E-state index contributed by atoms with van der Waals surface area (Å²) in [4.78, 5) is 8.97. The lowest BCUT2D eigenvalue weighted by Crippen LogP contribution is -2.11. The van der Waals surface area contributed by atoms with Crippen molar-refractivity contribution in [3.8, 4) is 18.1 Å². The van der Waals surface area contributed by atoms with E-state index in [2.05, 4.69) is 23.0 Å². The molecule has 0 amide bonds. The van der Waals surface area contributed by atoms with Crippen LogP contribution in [0.3, 0.4) is 0 Å². The van der Waals surface area contributed by atoms with Crippen LogP contribution in [0.2, 0.25) is 10.0 Å². The van der Waals surface area contributed by atoms with E-state index in [0.717, 1.165) is 0 Å². The van der Waals surface area contributed by atoms with E-state index in [1.54, 1.807) is 18.2 Å². The number of ether oxygens (including phenoxy) is 1. The summed E-state index contributed by atoms with van der Waals surface area (Å²) in [7, 11) is 0. The number of hydrogen-bond donors (Lipinski definition) is 1. The minimum absolute atomic E-state index is 0.0962. The van der Waals surface area contributed by atoms with Crippen LogP contribution in [0.4, 0.5) is 5.69 Å². The van der Waals surface area contributed by atoms with Crippen molar-refractivity contribution in [3.63, 3.8) is 0 Å². The van der Waals surface area contributed by atoms with E-state index >= 15 is 0 Å². The Kier molecular flexibility index (Phi) is 6.83. The van der Waals surface area contributed by atoms with Crippen LogP contribution in [-0.2, 0) is 4.84 Å². The van der Waals surface area contributed by atoms with E-state index in [1.165, 1.54) is 6.34 Å². The van der Waals surface area contributed by atoms with Gasteiger partial charge in [0.15, 0.2) is 5.75 Å². The zero-order valence-electron chi connectivity index (χ0n) is 10.0. The maximum Gasteiger partial charge on any atom is 0.158 e. The van der Waals surface area contributed by atoms with E-state index in [0.29, 0.717) is 28.1 Å². The molecule has 0 spiro atoms. The van der Waals surface area contributed by atoms with Gasteiger partial charge in [0.05, 0.1) is 22.3 Å². The Labute approximate surface area is 122 Å². The molecule has 4 nitrogen and oxygen atoms in total. The van der Waals surface area contributed by atoms with Gasteiger partial charge in [0.1, 0.15) is 12.9 Å². The molecule has 1 aromatic rings. The molecule has 1 aromatic carbocycles. The van der Waals surface area contributed by atoms with Crippen LogP contribution in [0.25, 0.3) is 0 Å². The molecule has 0 radical (unpaired) electrons. The molecule has 0 heterocycles. The highest BCUT2D eigenvalue weighted by Crippen LogP contribution is 2.36. The first-order valence-electron chi connectivity index (χ1n) is 5.25. The van der Waals surface area contributed by atoms with Crippen molar-refractivity contribution in [1.29, 1.82) is 0 Å². The Hall–Kier alpha value is -1.67. The van der Waals surface area contributed by atoms with Gasteiger partial charge in [0.2, 0.25) is 0 Å². The molecule has 0 atom stereocenters. The van der Waals surface area contributed by atoms with Crippen molar-refractivity contribution < 1.29 is 9.57 Å². The smallest absolute Gasteiger partial charge is 0.158 e. The third-order valence-corrected chi connectivity index (χ3v) is 2.40. The number of hydrogen-bond acceptors (Lipinski definition) is 3. The van der Waals surface area contributed by atoms with Gasteiger partial charge in [-0.2, -0.15) is 0 Å². The summed E-state index contributed by atoms with van der Waals surface area (Å²) in [6.45, 7) is 3.97. The van der Waals surface area contributed by atoms with Gasteiger partial charge in [-0.25, -0.2) is 4.99 Å². The lowest BCUT2D eigenvalue weighted by Gasteiger charge is -2.08. The van der Waals surface area contributed by atoms with E-state index in [-0.39, 0.29) is 6.61 Å². The largest absolute Gasteiger partial charge is 0.478 e. The van der Waals surface area contributed by atoms with Crippen molar-refractivity contribution in [2.75, 3.05) is 13.2 Å². The van der Waals surface area contributed by atoms with Gasteiger partial charge in [0.25, 0.3) is 0 Å². The molecule has 0 aromatic heterocycles. The fourth-order valence-electron chi connectivity index (χ4n) is 1.12. The number of hydroxylamine groups is 1. The Morgan fingerprint density at radius 2 is 2.11 bits per heavy atom. The Bertz CT molecular complexity index is 487. The quantitative estimate of drug-likeness (QED) is 0.210. The zero-order valence-corrected chi connectivity index (χ0v) is 11.5. The van der Waals surface area contributed by atoms with Gasteiger partial charge >= 0.3 is 0 Å². The molecule has 0 saturated heterocycles. The van der Waals surface area contributed by atoms with Crippen LogP contribution in [0.15, 0.2) is 29.8 Å². The fourth-order valence-corrected chi connectivity index (χ4v) is 1.70. The fraction of sp³-hybridized carbons (Fsp3) is 0.154. The van der Waals surface area contributed by atoms with Crippen molar-refractivity contribution in [1.82, 2.24) is 5.48 Å². The number of benzene rings is 1. The van der Waals surface area contributed by atoms with E-state index in [1.807, 2.05) is 0 Å². The van der Waals surface area contributed by atoms with Crippen LogP contribution in [-0.4, -0.2) is 19.6 Å². The molecule has 0 unspecified atom stereocenters. The molecular weight excluding hydrogens is 287 g/mol. The molecule has 0 aliphatic carbocycles. The van der Waals surface area contributed by atoms with Gasteiger partial charge in [-0.3, -0.25) is 10.3 Å².